The lowest BCUT2D eigenvalue weighted by atomic mass is 9.99. The molecule has 29 heavy (non-hydrogen) atoms. The second kappa shape index (κ2) is 8.99. The summed E-state index contributed by atoms with van der Waals surface area (Å²) in [6, 6.07) is 11.3. The van der Waals surface area contributed by atoms with Crippen LogP contribution < -0.4 is 19.7 Å². The van der Waals surface area contributed by atoms with E-state index in [2.05, 4.69) is 18.3 Å². The number of carbonyl (C=O) groups is 2. The molecule has 0 radical (unpaired) electrons. The first kappa shape index (κ1) is 20.7. The average molecular weight is 396 g/mol. The molecule has 6 nitrogen and oxygen atoms in total. The van der Waals surface area contributed by atoms with Gasteiger partial charge in [0.15, 0.2) is 18.1 Å². The van der Waals surface area contributed by atoms with E-state index >= 15 is 0 Å². The molecule has 0 saturated carbocycles. The second-order valence-electron chi connectivity index (χ2n) is 7.57. The largest absolute Gasteiger partial charge is 0.493 e. The Labute approximate surface area is 171 Å². The predicted octanol–water partition coefficient (Wildman–Crippen LogP) is 3.50. The summed E-state index contributed by atoms with van der Waals surface area (Å²) in [5.74, 6) is 0.576. The summed E-state index contributed by atoms with van der Waals surface area (Å²) in [6.07, 6.45) is 1.92. The van der Waals surface area contributed by atoms with Crippen molar-refractivity contribution in [1.82, 2.24) is 5.32 Å². The highest BCUT2D eigenvalue weighted by molar-refractivity contribution is 6.07. The molecular weight excluding hydrogens is 368 g/mol. The number of amides is 2. The van der Waals surface area contributed by atoms with Crippen molar-refractivity contribution in [2.24, 2.45) is 0 Å². The number of rotatable bonds is 6. The third kappa shape index (κ3) is 4.88. The summed E-state index contributed by atoms with van der Waals surface area (Å²) >= 11 is 0. The Morgan fingerprint density at radius 2 is 1.93 bits per heavy atom. The van der Waals surface area contributed by atoms with Gasteiger partial charge in [-0.25, -0.2) is 0 Å². The Morgan fingerprint density at radius 1 is 1.14 bits per heavy atom. The first-order chi connectivity index (χ1) is 13.9. The number of nitrogens with one attached hydrogen (secondary N) is 1. The molecule has 3 rings (SSSR count). The van der Waals surface area contributed by atoms with E-state index in [1.165, 1.54) is 18.2 Å². The highest BCUT2D eigenvalue weighted by Gasteiger charge is 2.24. The molecule has 0 spiro atoms. The number of hydrogen-bond donors (Lipinski definition) is 1. The highest BCUT2D eigenvalue weighted by atomic mass is 16.5. The van der Waals surface area contributed by atoms with Crippen LogP contribution in [0.2, 0.25) is 0 Å². The van der Waals surface area contributed by atoms with Gasteiger partial charge in [-0.15, -0.1) is 0 Å². The maximum atomic E-state index is 13.2. The molecule has 0 unspecified atom stereocenters. The van der Waals surface area contributed by atoms with E-state index in [-0.39, 0.29) is 24.5 Å². The Balaban J connectivity index is 1.78. The SMILES string of the molecule is COc1cc(C(=O)N2CCCc3cc(C)ccc32)ccc1OCC(=O)NC(C)C. The molecule has 1 heterocycles. The third-order valence-corrected chi connectivity index (χ3v) is 4.82. The van der Waals surface area contributed by atoms with Gasteiger partial charge in [0, 0.05) is 23.8 Å². The summed E-state index contributed by atoms with van der Waals surface area (Å²) in [6.45, 7) is 6.41. The molecular formula is C23H28N2O4. The lowest BCUT2D eigenvalue weighted by molar-refractivity contribution is -0.123. The van der Waals surface area contributed by atoms with Gasteiger partial charge in [-0.3, -0.25) is 9.59 Å². The van der Waals surface area contributed by atoms with Crippen molar-refractivity contribution in [1.29, 1.82) is 0 Å². The van der Waals surface area contributed by atoms with Gasteiger partial charge in [-0.2, -0.15) is 0 Å². The van der Waals surface area contributed by atoms with Crippen LogP contribution in [0.25, 0.3) is 0 Å². The van der Waals surface area contributed by atoms with Crippen LogP contribution in [0, 0.1) is 6.92 Å². The Morgan fingerprint density at radius 3 is 2.66 bits per heavy atom. The number of anilines is 1. The molecule has 2 amide bonds. The van der Waals surface area contributed by atoms with Crippen LogP contribution in [0.3, 0.4) is 0 Å². The standard InChI is InChI=1S/C23H28N2O4/c1-15(2)24-22(26)14-29-20-10-8-18(13-21(20)28-4)23(27)25-11-5-6-17-12-16(3)7-9-19(17)25/h7-10,12-13,15H,5-6,11,14H2,1-4H3,(H,24,26). The first-order valence-corrected chi connectivity index (χ1v) is 9.90. The highest BCUT2D eigenvalue weighted by Crippen LogP contribution is 2.32. The molecule has 0 saturated heterocycles. The minimum atomic E-state index is -0.206. The van der Waals surface area contributed by atoms with E-state index in [9.17, 15) is 9.59 Å². The fourth-order valence-corrected chi connectivity index (χ4v) is 3.52. The summed E-state index contributed by atoms with van der Waals surface area (Å²) in [5, 5.41) is 2.77. The zero-order valence-corrected chi connectivity index (χ0v) is 17.5. The molecule has 1 N–H and O–H groups in total. The number of nitrogens with zero attached hydrogens (tertiary/aromatic N) is 1. The number of aryl methyl sites for hydroxylation is 2. The minimum Gasteiger partial charge on any atom is -0.493 e. The summed E-state index contributed by atoms with van der Waals surface area (Å²) < 4.78 is 11.0. The van der Waals surface area contributed by atoms with Crippen molar-refractivity contribution in [2.75, 3.05) is 25.2 Å². The summed E-state index contributed by atoms with van der Waals surface area (Å²) in [5.41, 5.74) is 3.89. The smallest absolute Gasteiger partial charge is 0.258 e. The van der Waals surface area contributed by atoms with Gasteiger partial charge in [0.25, 0.3) is 11.8 Å². The van der Waals surface area contributed by atoms with Crippen LogP contribution in [-0.4, -0.2) is 38.1 Å². The lowest BCUT2D eigenvalue weighted by Crippen LogP contribution is -2.35. The zero-order chi connectivity index (χ0) is 21.0. The van der Waals surface area contributed by atoms with E-state index in [1.807, 2.05) is 30.9 Å². The fourth-order valence-electron chi connectivity index (χ4n) is 3.52. The zero-order valence-electron chi connectivity index (χ0n) is 17.5. The molecule has 1 aliphatic rings. The van der Waals surface area contributed by atoms with Gasteiger partial charge in [0.2, 0.25) is 0 Å². The van der Waals surface area contributed by atoms with Crippen LogP contribution in [-0.2, 0) is 11.2 Å². The summed E-state index contributed by atoms with van der Waals surface area (Å²) in [7, 11) is 1.52. The van der Waals surface area contributed by atoms with Crippen LogP contribution in [0.5, 0.6) is 11.5 Å². The van der Waals surface area contributed by atoms with Gasteiger partial charge < -0.3 is 19.7 Å². The maximum Gasteiger partial charge on any atom is 0.258 e. The quantitative estimate of drug-likeness (QED) is 0.812. The molecule has 0 atom stereocenters. The third-order valence-electron chi connectivity index (χ3n) is 4.82. The number of carbonyl (C=O) groups excluding carboxylic acids is 2. The van der Waals surface area contributed by atoms with Gasteiger partial charge in [-0.1, -0.05) is 17.7 Å². The van der Waals surface area contributed by atoms with Crippen molar-refractivity contribution in [3.8, 4) is 11.5 Å². The number of hydrogen-bond acceptors (Lipinski definition) is 4. The molecule has 1 aliphatic heterocycles. The molecule has 0 bridgehead atoms. The number of ether oxygens (including phenoxy) is 2. The number of benzene rings is 2. The van der Waals surface area contributed by atoms with Crippen LogP contribution in [0.4, 0.5) is 5.69 Å². The molecule has 0 fully saturated rings. The number of methoxy groups -OCH3 is 1. The van der Waals surface area contributed by atoms with E-state index in [0.717, 1.165) is 18.5 Å². The van der Waals surface area contributed by atoms with Crippen molar-refractivity contribution < 1.29 is 19.1 Å². The lowest BCUT2D eigenvalue weighted by Gasteiger charge is -2.30. The molecule has 2 aromatic rings. The maximum absolute atomic E-state index is 13.2. The van der Waals surface area contributed by atoms with E-state index in [1.54, 1.807) is 18.2 Å². The Hall–Kier alpha value is -3.02. The second-order valence-corrected chi connectivity index (χ2v) is 7.57. The first-order valence-electron chi connectivity index (χ1n) is 9.90. The molecule has 6 heteroatoms. The van der Waals surface area contributed by atoms with Crippen molar-refractivity contribution >= 4 is 17.5 Å². The van der Waals surface area contributed by atoms with Crippen molar-refractivity contribution in [2.45, 2.75) is 39.7 Å². The van der Waals surface area contributed by atoms with Crippen LogP contribution in [0.1, 0.15) is 41.8 Å². The van der Waals surface area contributed by atoms with Crippen molar-refractivity contribution in [3.63, 3.8) is 0 Å². The van der Waals surface area contributed by atoms with Gasteiger partial charge in [0.05, 0.1) is 7.11 Å². The summed E-state index contributed by atoms with van der Waals surface area (Å²) in [4.78, 5) is 26.8. The van der Waals surface area contributed by atoms with E-state index in [4.69, 9.17) is 9.47 Å². The monoisotopic (exact) mass is 396 g/mol. The molecule has 0 aromatic heterocycles. The normalized spacial score (nSPS) is 13.1. The number of fused-ring (bicyclic) bond motifs is 1. The van der Waals surface area contributed by atoms with Gasteiger partial charge >= 0.3 is 0 Å². The topological polar surface area (TPSA) is 67.9 Å². The van der Waals surface area contributed by atoms with Crippen LogP contribution in [0.15, 0.2) is 36.4 Å². The molecule has 2 aromatic carbocycles. The Bertz CT molecular complexity index is 908. The average Bonchev–Trinajstić information content (AvgIpc) is 2.70. The molecule has 154 valence electrons. The molecule has 0 aliphatic carbocycles. The van der Waals surface area contributed by atoms with Crippen molar-refractivity contribution in [3.05, 3.63) is 53.1 Å². The van der Waals surface area contributed by atoms with Gasteiger partial charge in [-0.05, 0) is 63.4 Å². The Kier molecular flexibility index (Phi) is 6.42. The van der Waals surface area contributed by atoms with E-state index in [0.29, 0.717) is 23.6 Å². The van der Waals surface area contributed by atoms with Crippen LogP contribution >= 0.6 is 0 Å². The predicted molar refractivity (Wildman–Crippen MR) is 113 cm³/mol. The van der Waals surface area contributed by atoms with Gasteiger partial charge in [0.1, 0.15) is 0 Å². The fraction of sp³-hybridized carbons (Fsp3) is 0.391. The van der Waals surface area contributed by atoms with E-state index < -0.39 is 0 Å². The minimum absolute atomic E-state index is 0.0456.